The molecular formula is C10H11ClO2. The quantitative estimate of drug-likeness (QED) is 0.794. The first-order valence-corrected chi connectivity index (χ1v) is 4.39. The van der Waals surface area contributed by atoms with Gasteiger partial charge in [-0.05, 0) is 24.6 Å². The van der Waals surface area contributed by atoms with Gasteiger partial charge in [0.1, 0.15) is 11.5 Å². The minimum absolute atomic E-state index is 0.0427. The van der Waals surface area contributed by atoms with Crippen molar-refractivity contribution in [1.82, 2.24) is 0 Å². The average Bonchev–Trinajstić information content (AvgIpc) is 2.08. The van der Waals surface area contributed by atoms with Gasteiger partial charge >= 0.3 is 0 Å². The molecule has 1 N–H and O–H groups in total. The topological polar surface area (TPSA) is 37.3 Å². The minimum atomic E-state index is -0.168. The number of benzene rings is 1. The highest BCUT2D eigenvalue weighted by molar-refractivity contribution is 6.32. The van der Waals surface area contributed by atoms with Gasteiger partial charge in [0.15, 0.2) is 0 Å². The van der Waals surface area contributed by atoms with E-state index in [1.54, 1.807) is 12.1 Å². The number of ketones is 1. The molecule has 13 heavy (non-hydrogen) atoms. The fraction of sp³-hybridized carbons (Fsp3) is 0.300. The van der Waals surface area contributed by atoms with Crippen molar-refractivity contribution in [1.29, 1.82) is 0 Å². The third kappa shape index (κ3) is 2.22. The summed E-state index contributed by atoms with van der Waals surface area (Å²) in [5.74, 6) is -0.0407. The van der Waals surface area contributed by atoms with Crippen LogP contribution >= 0.6 is 11.6 Å². The van der Waals surface area contributed by atoms with E-state index < -0.39 is 0 Å². The van der Waals surface area contributed by atoms with Crippen LogP contribution in [0.4, 0.5) is 0 Å². The standard InChI is InChI=1S/C10H11ClO2/c1-6(7(2)12)8-3-4-10(13)9(11)5-8/h3-6,13H,1-2H3. The highest BCUT2D eigenvalue weighted by atomic mass is 35.5. The minimum Gasteiger partial charge on any atom is -0.506 e. The number of rotatable bonds is 2. The van der Waals surface area contributed by atoms with Crippen molar-refractivity contribution < 1.29 is 9.90 Å². The van der Waals surface area contributed by atoms with Gasteiger partial charge in [-0.1, -0.05) is 24.6 Å². The van der Waals surface area contributed by atoms with Gasteiger partial charge < -0.3 is 5.11 Å². The number of Topliss-reactive ketones (excluding diaryl/α,β-unsaturated/α-hetero) is 1. The predicted octanol–water partition coefficient (Wildman–Crippen LogP) is 2.74. The van der Waals surface area contributed by atoms with Crippen molar-refractivity contribution in [2.45, 2.75) is 19.8 Å². The van der Waals surface area contributed by atoms with Crippen LogP contribution in [0.3, 0.4) is 0 Å². The van der Waals surface area contributed by atoms with E-state index in [0.717, 1.165) is 5.56 Å². The SMILES string of the molecule is CC(=O)C(C)c1ccc(O)c(Cl)c1. The molecule has 2 nitrogen and oxygen atoms in total. The molecule has 1 unspecified atom stereocenters. The average molecular weight is 199 g/mol. The van der Waals surface area contributed by atoms with Crippen molar-refractivity contribution in [3.8, 4) is 5.75 Å². The fourth-order valence-corrected chi connectivity index (χ4v) is 1.22. The van der Waals surface area contributed by atoms with E-state index in [1.165, 1.54) is 13.0 Å². The molecule has 0 aromatic heterocycles. The number of hydrogen-bond donors (Lipinski definition) is 1. The van der Waals surface area contributed by atoms with Crippen molar-refractivity contribution in [2.75, 3.05) is 0 Å². The molecule has 1 aromatic carbocycles. The number of hydrogen-bond acceptors (Lipinski definition) is 2. The van der Waals surface area contributed by atoms with Crippen LogP contribution in [0.1, 0.15) is 25.3 Å². The van der Waals surface area contributed by atoms with Crippen molar-refractivity contribution in [3.63, 3.8) is 0 Å². The summed E-state index contributed by atoms with van der Waals surface area (Å²) in [5, 5.41) is 9.43. The second-order valence-electron chi connectivity index (χ2n) is 3.04. The number of phenols is 1. The van der Waals surface area contributed by atoms with Gasteiger partial charge in [-0.2, -0.15) is 0 Å². The Balaban J connectivity index is 3.03. The lowest BCUT2D eigenvalue weighted by Gasteiger charge is -2.08. The lowest BCUT2D eigenvalue weighted by molar-refractivity contribution is -0.118. The van der Waals surface area contributed by atoms with Gasteiger partial charge in [-0.15, -0.1) is 0 Å². The maximum atomic E-state index is 11.0. The summed E-state index contributed by atoms with van der Waals surface area (Å²) in [6.45, 7) is 3.34. The molecule has 3 heteroatoms. The van der Waals surface area contributed by atoms with Gasteiger partial charge in [0.2, 0.25) is 0 Å². The number of aromatic hydroxyl groups is 1. The summed E-state index contributed by atoms with van der Waals surface area (Å²) < 4.78 is 0. The zero-order valence-corrected chi connectivity index (χ0v) is 8.30. The Kier molecular flexibility index (Phi) is 2.94. The molecule has 1 rings (SSSR count). The maximum absolute atomic E-state index is 11.0. The van der Waals surface area contributed by atoms with E-state index in [4.69, 9.17) is 16.7 Å². The first-order chi connectivity index (χ1) is 6.02. The van der Waals surface area contributed by atoms with Crippen LogP contribution in [0, 0.1) is 0 Å². The molecule has 0 amide bonds. The largest absolute Gasteiger partial charge is 0.506 e. The van der Waals surface area contributed by atoms with E-state index >= 15 is 0 Å². The van der Waals surface area contributed by atoms with E-state index in [-0.39, 0.29) is 22.5 Å². The summed E-state index contributed by atoms with van der Waals surface area (Å²) in [4.78, 5) is 11.0. The Morgan fingerprint density at radius 1 is 1.54 bits per heavy atom. The molecule has 0 spiro atoms. The molecule has 70 valence electrons. The van der Waals surface area contributed by atoms with Crippen molar-refractivity contribution >= 4 is 17.4 Å². The molecule has 0 aliphatic heterocycles. The van der Waals surface area contributed by atoms with Gasteiger partial charge in [-0.3, -0.25) is 4.79 Å². The Labute approximate surface area is 82.2 Å². The van der Waals surface area contributed by atoms with Gasteiger partial charge in [0.25, 0.3) is 0 Å². The third-order valence-corrected chi connectivity index (χ3v) is 2.38. The van der Waals surface area contributed by atoms with Crippen LogP contribution in [-0.2, 0) is 4.79 Å². The van der Waals surface area contributed by atoms with E-state index in [0.29, 0.717) is 0 Å². The predicted molar refractivity (Wildman–Crippen MR) is 52.2 cm³/mol. The van der Waals surface area contributed by atoms with Gasteiger partial charge in [0, 0.05) is 5.92 Å². The first kappa shape index (κ1) is 10.1. The molecule has 0 fully saturated rings. The Hall–Kier alpha value is -1.02. The van der Waals surface area contributed by atoms with Crippen molar-refractivity contribution in [3.05, 3.63) is 28.8 Å². The van der Waals surface area contributed by atoms with Crippen LogP contribution in [-0.4, -0.2) is 10.9 Å². The molecule has 0 bridgehead atoms. The second-order valence-corrected chi connectivity index (χ2v) is 3.45. The molecule has 0 aliphatic rings. The second kappa shape index (κ2) is 3.79. The number of phenolic OH excluding ortho intramolecular Hbond substituents is 1. The van der Waals surface area contributed by atoms with Crippen LogP contribution in [0.5, 0.6) is 5.75 Å². The van der Waals surface area contributed by atoms with E-state index in [9.17, 15) is 4.79 Å². The smallest absolute Gasteiger partial charge is 0.136 e. The maximum Gasteiger partial charge on any atom is 0.136 e. The molecule has 1 aromatic rings. The summed E-state index contributed by atoms with van der Waals surface area (Å²) >= 11 is 5.70. The molecule has 1 atom stereocenters. The highest BCUT2D eigenvalue weighted by Gasteiger charge is 2.11. The molecule has 0 radical (unpaired) electrons. The third-order valence-electron chi connectivity index (χ3n) is 2.08. The van der Waals surface area contributed by atoms with Gasteiger partial charge in [0.05, 0.1) is 5.02 Å². The summed E-state index contributed by atoms with van der Waals surface area (Å²) in [6.07, 6.45) is 0. The number of carbonyl (C=O) groups is 1. The van der Waals surface area contributed by atoms with E-state index in [2.05, 4.69) is 0 Å². The zero-order valence-electron chi connectivity index (χ0n) is 7.54. The molecule has 0 aliphatic carbocycles. The Morgan fingerprint density at radius 2 is 2.15 bits per heavy atom. The van der Waals surface area contributed by atoms with Crippen LogP contribution in [0.2, 0.25) is 5.02 Å². The summed E-state index contributed by atoms with van der Waals surface area (Å²) in [5.41, 5.74) is 0.829. The molecular weight excluding hydrogens is 188 g/mol. The Bertz CT molecular complexity index is 334. The molecule has 0 saturated carbocycles. The van der Waals surface area contributed by atoms with Crippen LogP contribution in [0.15, 0.2) is 18.2 Å². The summed E-state index contributed by atoms with van der Waals surface area (Å²) in [6, 6.07) is 4.81. The lowest BCUT2D eigenvalue weighted by Crippen LogP contribution is -2.03. The molecule has 0 saturated heterocycles. The number of halogens is 1. The molecule has 0 heterocycles. The number of carbonyl (C=O) groups excluding carboxylic acids is 1. The van der Waals surface area contributed by atoms with E-state index in [1.807, 2.05) is 6.92 Å². The monoisotopic (exact) mass is 198 g/mol. The Morgan fingerprint density at radius 3 is 2.62 bits per heavy atom. The van der Waals surface area contributed by atoms with Gasteiger partial charge in [-0.25, -0.2) is 0 Å². The normalized spacial score (nSPS) is 12.5. The lowest BCUT2D eigenvalue weighted by atomic mass is 9.98. The summed E-state index contributed by atoms with van der Waals surface area (Å²) in [7, 11) is 0. The van der Waals surface area contributed by atoms with Crippen LogP contribution < -0.4 is 0 Å². The highest BCUT2D eigenvalue weighted by Crippen LogP contribution is 2.27. The zero-order chi connectivity index (χ0) is 10.0. The first-order valence-electron chi connectivity index (χ1n) is 4.01. The van der Waals surface area contributed by atoms with Crippen molar-refractivity contribution in [2.24, 2.45) is 0 Å². The fourth-order valence-electron chi connectivity index (χ4n) is 1.03. The van der Waals surface area contributed by atoms with Crippen LogP contribution in [0.25, 0.3) is 0 Å².